The first-order valence-electron chi connectivity index (χ1n) is 7.94. The van der Waals surface area contributed by atoms with Crippen molar-refractivity contribution in [3.05, 3.63) is 0 Å². The second-order valence-electron chi connectivity index (χ2n) is 7.47. The highest BCUT2D eigenvalue weighted by Gasteiger charge is 2.50. The van der Waals surface area contributed by atoms with E-state index >= 15 is 0 Å². The third-order valence-electron chi connectivity index (χ3n) is 5.83. The van der Waals surface area contributed by atoms with Gasteiger partial charge in [0.15, 0.2) is 0 Å². The van der Waals surface area contributed by atoms with Crippen LogP contribution in [0.15, 0.2) is 0 Å². The Morgan fingerprint density at radius 1 is 1.11 bits per heavy atom. The Morgan fingerprint density at radius 2 is 1.63 bits per heavy atom. The van der Waals surface area contributed by atoms with Crippen LogP contribution in [0, 0.1) is 35.5 Å². The van der Waals surface area contributed by atoms with Gasteiger partial charge in [-0.05, 0) is 61.7 Å². The van der Waals surface area contributed by atoms with Crippen LogP contribution >= 0.6 is 11.6 Å². The van der Waals surface area contributed by atoms with E-state index in [9.17, 15) is 4.79 Å². The number of hydrogen-bond donors (Lipinski definition) is 1. The first-order valence-corrected chi connectivity index (χ1v) is 8.48. The van der Waals surface area contributed by atoms with Gasteiger partial charge in [-0.2, -0.15) is 0 Å². The Morgan fingerprint density at radius 3 is 2.05 bits per heavy atom. The van der Waals surface area contributed by atoms with Gasteiger partial charge in [-0.25, -0.2) is 0 Å². The standard InChI is InChI=1S/C16H26ClNO/c1-9(2)14(8-17)18-16(19)15-12-4-10-3-11(6-12)7-13(15)5-10/h9-15H,3-8H2,1-2H3,(H,18,19). The van der Waals surface area contributed by atoms with Crippen molar-refractivity contribution in [3.63, 3.8) is 0 Å². The lowest BCUT2D eigenvalue weighted by Gasteiger charge is -2.53. The van der Waals surface area contributed by atoms with Crippen LogP contribution in [-0.4, -0.2) is 17.8 Å². The molecule has 4 aliphatic rings. The van der Waals surface area contributed by atoms with E-state index in [0.29, 0.717) is 29.5 Å². The minimum absolute atomic E-state index is 0.131. The third-order valence-corrected chi connectivity index (χ3v) is 6.16. The van der Waals surface area contributed by atoms with E-state index in [4.69, 9.17) is 11.6 Å². The first kappa shape index (κ1) is 13.7. The molecule has 3 heteroatoms. The minimum atomic E-state index is 0.131. The molecule has 0 aliphatic heterocycles. The second kappa shape index (κ2) is 5.27. The number of rotatable bonds is 4. The molecular weight excluding hydrogens is 258 g/mol. The number of halogens is 1. The molecule has 2 nitrogen and oxygen atoms in total. The van der Waals surface area contributed by atoms with Gasteiger partial charge in [0.2, 0.25) is 5.91 Å². The van der Waals surface area contributed by atoms with Crippen LogP contribution in [0.4, 0.5) is 0 Å². The zero-order valence-corrected chi connectivity index (χ0v) is 12.8. The maximum Gasteiger partial charge on any atom is 0.223 e. The van der Waals surface area contributed by atoms with Gasteiger partial charge >= 0.3 is 0 Å². The van der Waals surface area contributed by atoms with Gasteiger partial charge in [0.05, 0.1) is 0 Å². The molecule has 0 aromatic heterocycles. The van der Waals surface area contributed by atoms with E-state index in [1.807, 2.05) is 0 Å². The number of carbonyl (C=O) groups is 1. The normalized spacial score (nSPS) is 41.6. The van der Waals surface area contributed by atoms with Crippen molar-refractivity contribution in [3.8, 4) is 0 Å². The predicted octanol–water partition coefficient (Wildman–Crippen LogP) is 3.44. The van der Waals surface area contributed by atoms with E-state index in [1.54, 1.807) is 0 Å². The topological polar surface area (TPSA) is 29.1 Å². The highest BCUT2D eigenvalue weighted by atomic mass is 35.5. The molecule has 19 heavy (non-hydrogen) atoms. The summed E-state index contributed by atoms with van der Waals surface area (Å²) in [5.41, 5.74) is 0. The van der Waals surface area contributed by atoms with Crippen LogP contribution in [0.2, 0.25) is 0 Å². The molecule has 1 unspecified atom stereocenters. The Kier molecular flexibility index (Phi) is 3.81. The summed E-state index contributed by atoms with van der Waals surface area (Å²) >= 11 is 5.98. The second-order valence-corrected chi connectivity index (χ2v) is 7.78. The van der Waals surface area contributed by atoms with Crippen molar-refractivity contribution in [2.75, 3.05) is 5.88 Å². The lowest BCUT2D eigenvalue weighted by atomic mass is 9.51. The van der Waals surface area contributed by atoms with Crippen LogP contribution in [0.3, 0.4) is 0 Å². The fourth-order valence-electron chi connectivity index (χ4n) is 5.02. The average Bonchev–Trinajstić information content (AvgIpc) is 2.34. The van der Waals surface area contributed by atoms with Crippen LogP contribution in [0.5, 0.6) is 0 Å². The Bertz CT molecular complexity index is 327. The molecule has 4 aliphatic carbocycles. The number of hydrogen-bond acceptors (Lipinski definition) is 1. The Balaban J connectivity index is 1.67. The zero-order chi connectivity index (χ0) is 13.6. The third kappa shape index (κ3) is 2.53. The summed E-state index contributed by atoms with van der Waals surface area (Å²) in [5.74, 6) is 4.72. The average molecular weight is 284 g/mol. The predicted molar refractivity (Wildman–Crippen MR) is 78.0 cm³/mol. The van der Waals surface area contributed by atoms with Gasteiger partial charge in [-0.3, -0.25) is 4.79 Å². The molecule has 1 N–H and O–H groups in total. The van der Waals surface area contributed by atoms with Crippen molar-refractivity contribution >= 4 is 17.5 Å². The van der Waals surface area contributed by atoms with Crippen LogP contribution in [0.1, 0.15) is 46.0 Å². The monoisotopic (exact) mass is 283 g/mol. The van der Waals surface area contributed by atoms with E-state index < -0.39 is 0 Å². The molecule has 0 spiro atoms. The summed E-state index contributed by atoms with van der Waals surface area (Å²) in [6, 6.07) is 0.131. The minimum Gasteiger partial charge on any atom is -0.352 e. The summed E-state index contributed by atoms with van der Waals surface area (Å²) in [6.07, 6.45) is 6.66. The van der Waals surface area contributed by atoms with Crippen LogP contribution < -0.4 is 5.32 Å². The summed E-state index contributed by atoms with van der Waals surface area (Å²) in [6.45, 7) is 4.26. The van der Waals surface area contributed by atoms with Crippen LogP contribution in [-0.2, 0) is 4.79 Å². The van der Waals surface area contributed by atoms with E-state index in [2.05, 4.69) is 19.2 Å². The molecule has 4 fully saturated rings. The van der Waals surface area contributed by atoms with Crippen molar-refractivity contribution in [1.29, 1.82) is 0 Å². The molecule has 0 radical (unpaired) electrons. The van der Waals surface area contributed by atoms with Gasteiger partial charge in [0, 0.05) is 17.8 Å². The molecule has 0 aromatic carbocycles. The van der Waals surface area contributed by atoms with Crippen molar-refractivity contribution in [2.24, 2.45) is 35.5 Å². The highest BCUT2D eigenvalue weighted by molar-refractivity contribution is 6.18. The molecule has 0 aromatic rings. The Hall–Kier alpha value is -0.240. The van der Waals surface area contributed by atoms with Gasteiger partial charge < -0.3 is 5.32 Å². The van der Waals surface area contributed by atoms with Crippen molar-refractivity contribution < 1.29 is 4.79 Å². The Labute approximate surface area is 121 Å². The van der Waals surface area contributed by atoms with E-state index in [0.717, 1.165) is 11.8 Å². The van der Waals surface area contributed by atoms with Crippen molar-refractivity contribution in [1.82, 2.24) is 5.32 Å². The lowest BCUT2D eigenvalue weighted by Crippen LogP contribution is -2.53. The van der Waals surface area contributed by atoms with Gasteiger partial charge in [0.1, 0.15) is 0 Å². The highest BCUT2D eigenvalue weighted by Crippen LogP contribution is 2.56. The molecule has 0 saturated heterocycles. The van der Waals surface area contributed by atoms with Gasteiger partial charge in [-0.15, -0.1) is 11.6 Å². The SMILES string of the molecule is CC(C)C(CCl)NC(=O)C1C2CC3CC(C2)CC1C3. The summed E-state index contributed by atoms with van der Waals surface area (Å²) in [5, 5.41) is 3.22. The summed E-state index contributed by atoms with van der Waals surface area (Å²) in [7, 11) is 0. The fraction of sp³-hybridized carbons (Fsp3) is 0.938. The fourth-order valence-corrected chi connectivity index (χ4v) is 5.45. The van der Waals surface area contributed by atoms with E-state index in [-0.39, 0.29) is 12.0 Å². The van der Waals surface area contributed by atoms with Gasteiger partial charge in [-0.1, -0.05) is 13.8 Å². The van der Waals surface area contributed by atoms with E-state index in [1.165, 1.54) is 32.1 Å². The summed E-state index contributed by atoms with van der Waals surface area (Å²) < 4.78 is 0. The molecule has 108 valence electrons. The lowest BCUT2D eigenvalue weighted by molar-refractivity contribution is -0.139. The molecular formula is C16H26ClNO. The molecule has 4 rings (SSSR count). The number of amides is 1. The summed E-state index contributed by atoms with van der Waals surface area (Å²) in [4.78, 5) is 12.6. The molecule has 1 amide bonds. The first-order chi connectivity index (χ1) is 9.08. The number of nitrogens with one attached hydrogen (secondary N) is 1. The maximum atomic E-state index is 12.6. The zero-order valence-electron chi connectivity index (χ0n) is 12.1. The molecule has 0 heterocycles. The maximum absolute atomic E-state index is 12.6. The smallest absolute Gasteiger partial charge is 0.223 e. The quantitative estimate of drug-likeness (QED) is 0.787. The molecule has 4 saturated carbocycles. The number of carbonyl (C=O) groups excluding carboxylic acids is 1. The number of alkyl halides is 1. The van der Waals surface area contributed by atoms with Gasteiger partial charge in [0.25, 0.3) is 0 Å². The molecule has 4 bridgehead atoms. The largest absolute Gasteiger partial charge is 0.352 e. The van der Waals surface area contributed by atoms with Crippen LogP contribution in [0.25, 0.3) is 0 Å². The van der Waals surface area contributed by atoms with Crippen molar-refractivity contribution in [2.45, 2.75) is 52.0 Å². The molecule has 1 atom stereocenters.